The molecule has 0 aliphatic heterocycles. The number of benzene rings is 1. The summed E-state index contributed by atoms with van der Waals surface area (Å²) < 4.78 is 18.9. The molecule has 4 nitrogen and oxygen atoms in total. The van der Waals surface area contributed by atoms with Gasteiger partial charge in [0.2, 0.25) is 5.88 Å². The van der Waals surface area contributed by atoms with Gasteiger partial charge in [-0.2, -0.15) is 5.26 Å². The average molecular weight is 308 g/mol. The SMILES string of the molecule is N#Cc1cccc(Oc2cc(F)c(Br)cc2N)n1. The molecule has 0 saturated carbocycles. The molecule has 0 amide bonds. The van der Waals surface area contributed by atoms with Crippen LogP contribution in [0.4, 0.5) is 10.1 Å². The van der Waals surface area contributed by atoms with Crippen LogP contribution in [-0.4, -0.2) is 4.98 Å². The van der Waals surface area contributed by atoms with Gasteiger partial charge in [0.25, 0.3) is 0 Å². The Hall–Kier alpha value is -2.13. The summed E-state index contributed by atoms with van der Waals surface area (Å²) >= 11 is 3.02. The molecular formula is C12H7BrFN3O. The number of hydrogen-bond donors (Lipinski definition) is 1. The number of rotatable bonds is 2. The van der Waals surface area contributed by atoms with Crippen molar-refractivity contribution in [3.05, 3.63) is 46.3 Å². The molecule has 18 heavy (non-hydrogen) atoms. The number of ether oxygens (including phenoxy) is 1. The van der Waals surface area contributed by atoms with Gasteiger partial charge in [0.1, 0.15) is 17.6 Å². The highest BCUT2D eigenvalue weighted by Gasteiger charge is 2.09. The number of nitrogens with zero attached hydrogens (tertiary/aromatic N) is 2. The Balaban J connectivity index is 2.34. The van der Waals surface area contributed by atoms with Crippen molar-refractivity contribution in [3.63, 3.8) is 0 Å². The Morgan fingerprint density at radius 3 is 2.89 bits per heavy atom. The number of anilines is 1. The maximum absolute atomic E-state index is 13.4. The van der Waals surface area contributed by atoms with Gasteiger partial charge in [0.05, 0.1) is 10.2 Å². The van der Waals surface area contributed by atoms with Crippen LogP contribution in [0, 0.1) is 17.1 Å². The molecule has 90 valence electrons. The van der Waals surface area contributed by atoms with Crippen molar-refractivity contribution in [3.8, 4) is 17.7 Å². The first-order valence-electron chi connectivity index (χ1n) is 4.89. The monoisotopic (exact) mass is 307 g/mol. The number of aromatic nitrogens is 1. The van der Waals surface area contributed by atoms with E-state index in [0.717, 1.165) is 6.07 Å². The molecule has 0 aliphatic rings. The van der Waals surface area contributed by atoms with E-state index in [1.807, 2.05) is 6.07 Å². The van der Waals surface area contributed by atoms with Crippen molar-refractivity contribution in [1.29, 1.82) is 5.26 Å². The molecule has 0 radical (unpaired) electrons. The topological polar surface area (TPSA) is 71.9 Å². The van der Waals surface area contributed by atoms with E-state index in [1.54, 1.807) is 18.2 Å². The van der Waals surface area contributed by atoms with Gasteiger partial charge in [0.15, 0.2) is 5.75 Å². The van der Waals surface area contributed by atoms with Gasteiger partial charge in [-0.15, -0.1) is 0 Å². The standard InChI is InChI=1S/C12H7BrFN3O/c13-8-4-10(16)11(5-9(8)14)18-12-3-1-2-7(6-15)17-12/h1-5H,16H2. The lowest BCUT2D eigenvalue weighted by atomic mass is 10.3. The molecule has 1 aromatic carbocycles. The number of nitrogens with two attached hydrogens (primary N) is 1. The molecule has 0 aliphatic carbocycles. The number of nitrogen functional groups attached to an aromatic ring is 1. The molecule has 0 unspecified atom stereocenters. The molecule has 6 heteroatoms. The second-order valence-corrected chi connectivity index (χ2v) is 4.23. The Bertz CT molecular complexity index is 640. The molecule has 0 saturated heterocycles. The van der Waals surface area contributed by atoms with Crippen molar-refractivity contribution < 1.29 is 9.13 Å². The minimum Gasteiger partial charge on any atom is -0.437 e. The first-order chi connectivity index (χ1) is 8.60. The molecule has 0 atom stereocenters. The number of hydrogen-bond acceptors (Lipinski definition) is 4. The van der Waals surface area contributed by atoms with E-state index < -0.39 is 5.82 Å². The predicted molar refractivity (Wildman–Crippen MR) is 67.5 cm³/mol. The van der Waals surface area contributed by atoms with Crippen LogP contribution < -0.4 is 10.5 Å². The molecule has 0 spiro atoms. The highest BCUT2D eigenvalue weighted by molar-refractivity contribution is 9.10. The van der Waals surface area contributed by atoms with E-state index in [9.17, 15) is 4.39 Å². The normalized spacial score (nSPS) is 9.83. The van der Waals surface area contributed by atoms with Crippen LogP contribution in [0.5, 0.6) is 11.6 Å². The quantitative estimate of drug-likeness (QED) is 0.865. The minimum atomic E-state index is -0.490. The van der Waals surface area contributed by atoms with Gasteiger partial charge in [-0.05, 0) is 28.1 Å². The third kappa shape index (κ3) is 2.57. The summed E-state index contributed by atoms with van der Waals surface area (Å²) in [6.07, 6.45) is 0. The molecular weight excluding hydrogens is 301 g/mol. The maximum Gasteiger partial charge on any atom is 0.220 e. The van der Waals surface area contributed by atoms with Crippen molar-refractivity contribution >= 4 is 21.6 Å². The molecule has 1 heterocycles. The maximum atomic E-state index is 13.4. The van der Waals surface area contributed by atoms with Crippen LogP contribution in [0.15, 0.2) is 34.8 Å². The highest BCUT2D eigenvalue weighted by atomic mass is 79.9. The van der Waals surface area contributed by atoms with E-state index in [1.165, 1.54) is 6.07 Å². The number of nitriles is 1. The third-order valence-corrected chi connectivity index (χ3v) is 2.71. The van der Waals surface area contributed by atoms with Gasteiger partial charge in [-0.1, -0.05) is 6.07 Å². The summed E-state index contributed by atoms with van der Waals surface area (Å²) in [5.41, 5.74) is 6.18. The van der Waals surface area contributed by atoms with Gasteiger partial charge in [-0.3, -0.25) is 0 Å². The average Bonchev–Trinajstić information content (AvgIpc) is 2.36. The van der Waals surface area contributed by atoms with Crippen LogP contribution in [-0.2, 0) is 0 Å². The third-order valence-electron chi connectivity index (χ3n) is 2.11. The minimum absolute atomic E-state index is 0.151. The zero-order valence-corrected chi connectivity index (χ0v) is 10.6. The van der Waals surface area contributed by atoms with Crippen LogP contribution in [0.3, 0.4) is 0 Å². The van der Waals surface area contributed by atoms with E-state index in [2.05, 4.69) is 20.9 Å². The highest BCUT2D eigenvalue weighted by Crippen LogP contribution is 2.31. The second kappa shape index (κ2) is 5.02. The first kappa shape index (κ1) is 12.3. The Kier molecular flexibility index (Phi) is 3.44. The van der Waals surface area contributed by atoms with E-state index in [0.29, 0.717) is 0 Å². The number of pyridine rings is 1. The largest absolute Gasteiger partial charge is 0.437 e. The number of halogens is 2. The van der Waals surface area contributed by atoms with E-state index in [-0.39, 0.29) is 27.5 Å². The lowest BCUT2D eigenvalue weighted by molar-refractivity contribution is 0.459. The summed E-state index contributed by atoms with van der Waals surface area (Å²) in [6.45, 7) is 0. The van der Waals surface area contributed by atoms with Crippen LogP contribution >= 0.6 is 15.9 Å². The summed E-state index contributed by atoms with van der Waals surface area (Å²) in [6, 6.07) is 9.15. The van der Waals surface area contributed by atoms with Gasteiger partial charge in [0, 0.05) is 12.1 Å². The fourth-order valence-electron chi connectivity index (χ4n) is 1.28. The Morgan fingerprint density at radius 1 is 1.39 bits per heavy atom. The van der Waals surface area contributed by atoms with Crippen molar-refractivity contribution in [2.24, 2.45) is 0 Å². The molecule has 2 N–H and O–H groups in total. The van der Waals surface area contributed by atoms with Crippen LogP contribution in [0.1, 0.15) is 5.69 Å². The van der Waals surface area contributed by atoms with Crippen molar-refractivity contribution in [1.82, 2.24) is 4.98 Å². The predicted octanol–water partition coefficient (Wildman–Crippen LogP) is 3.23. The molecule has 2 rings (SSSR count). The van der Waals surface area contributed by atoms with Crippen molar-refractivity contribution in [2.45, 2.75) is 0 Å². The smallest absolute Gasteiger partial charge is 0.220 e. The Morgan fingerprint density at radius 2 is 2.17 bits per heavy atom. The molecule has 1 aromatic heterocycles. The van der Waals surface area contributed by atoms with Gasteiger partial charge >= 0.3 is 0 Å². The second-order valence-electron chi connectivity index (χ2n) is 3.38. The summed E-state index contributed by atoms with van der Waals surface area (Å²) in [4.78, 5) is 3.91. The zero-order valence-electron chi connectivity index (χ0n) is 9.02. The van der Waals surface area contributed by atoms with Crippen LogP contribution in [0.25, 0.3) is 0 Å². The summed E-state index contributed by atoms with van der Waals surface area (Å²) in [7, 11) is 0. The van der Waals surface area contributed by atoms with E-state index in [4.69, 9.17) is 15.7 Å². The molecule has 2 aromatic rings. The summed E-state index contributed by atoms with van der Waals surface area (Å²) in [5.74, 6) is -0.156. The lowest BCUT2D eigenvalue weighted by Crippen LogP contribution is -1.96. The molecule has 0 fully saturated rings. The van der Waals surface area contributed by atoms with Crippen LogP contribution in [0.2, 0.25) is 0 Å². The van der Waals surface area contributed by atoms with Gasteiger partial charge < -0.3 is 10.5 Å². The fourth-order valence-corrected chi connectivity index (χ4v) is 1.64. The first-order valence-corrected chi connectivity index (χ1v) is 5.69. The summed E-state index contributed by atoms with van der Waals surface area (Å²) in [5, 5.41) is 8.70. The fraction of sp³-hybridized carbons (Fsp3) is 0. The zero-order chi connectivity index (χ0) is 13.1. The molecule has 0 bridgehead atoms. The van der Waals surface area contributed by atoms with Gasteiger partial charge in [-0.25, -0.2) is 9.37 Å². The Labute approximate surface area is 111 Å². The van der Waals surface area contributed by atoms with E-state index >= 15 is 0 Å². The van der Waals surface area contributed by atoms with Crippen molar-refractivity contribution in [2.75, 3.05) is 5.73 Å². The lowest BCUT2D eigenvalue weighted by Gasteiger charge is -2.08.